The van der Waals surface area contributed by atoms with Gasteiger partial charge in [-0.05, 0) is 32.4 Å². The molecule has 0 aromatic rings. The minimum atomic E-state index is 0.0856. The number of carbonyl (C=O) groups excluding carboxylic acids is 1. The number of urea groups is 1. The first-order chi connectivity index (χ1) is 8.72. The van der Waals surface area contributed by atoms with Crippen LogP contribution in [0.3, 0.4) is 0 Å². The Bertz CT molecular complexity index is 284. The van der Waals surface area contributed by atoms with Gasteiger partial charge >= 0.3 is 6.03 Å². The second-order valence-electron chi connectivity index (χ2n) is 5.55. The van der Waals surface area contributed by atoms with Crippen molar-refractivity contribution in [3.8, 4) is 0 Å². The highest BCUT2D eigenvalue weighted by atomic mass is 16.2. The molecule has 2 atom stereocenters. The van der Waals surface area contributed by atoms with Gasteiger partial charge in [0.1, 0.15) is 0 Å². The van der Waals surface area contributed by atoms with Gasteiger partial charge in [-0.25, -0.2) is 4.79 Å². The van der Waals surface area contributed by atoms with E-state index in [1.54, 1.807) is 0 Å². The molecule has 1 aliphatic carbocycles. The molecule has 104 valence electrons. The zero-order valence-electron chi connectivity index (χ0n) is 11.4. The summed E-state index contributed by atoms with van der Waals surface area (Å²) in [5.74, 6) is 0.635. The van der Waals surface area contributed by atoms with Gasteiger partial charge in [-0.2, -0.15) is 0 Å². The molecule has 2 unspecified atom stereocenters. The summed E-state index contributed by atoms with van der Waals surface area (Å²) >= 11 is 0. The van der Waals surface area contributed by atoms with Crippen LogP contribution in [0.4, 0.5) is 4.79 Å². The molecule has 1 saturated heterocycles. The zero-order chi connectivity index (χ0) is 13.0. The predicted molar refractivity (Wildman–Crippen MR) is 72.4 cm³/mol. The molecule has 5 nitrogen and oxygen atoms in total. The van der Waals surface area contributed by atoms with E-state index in [0.717, 1.165) is 32.7 Å². The number of hydrogen-bond acceptors (Lipinski definition) is 3. The van der Waals surface area contributed by atoms with Gasteiger partial charge in [0.05, 0.1) is 0 Å². The molecule has 0 aromatic carbocycles. The van der Waals surface area contributed by atoms with Crippen molar-refractivity contribution < 1.29 is 4.79 Å². The molecule has 3 N–H and O–H groups in total. The number of nitrogens with one attached hydrogen (secondary N) is 1. The summed E-state index contributed by atoms with van der Waals surface area (Å²) in [4.78, 5) is 15.8. The van der Waals surface area contributed by atoms with Crippen molar-refractivity contribution in [1.82, 2.24) is 15.1 Å². The van der Waals surface area contributed by atoms with E-state index in [2.05, 4.69) is 17.3 Å². The molecule has 1 saturated carbocycles. The van der Waals surface area contributed by atoms with Crippen molar-refractivity contribution in [2.75, 3.05) is 39.8 Å². The van der Waals surface area contributed by atoms with Crippen LogP contribution < -0.4 is 11.1 Å². The Morgan fingerprint density at radius 1 is 1.44 bits per heavy atom. The number of likely N-dealkylation sites (N-methyl/N-ethyl adjacent to an activating group) is 1. The number of amides is 2. The first-order valence-corrected chi connectivity index (χ1v) is 7.15. The maximum absolute atomic E-state index is 11.5. The number of hydrogen-bond donors (Lipinski definition) is 2. The molecule has 5 heteroatoms. The van der Waals surface area contributed by atoms with Crippen LogP contribution in [-0.4, -0.2) is 61.6 Å². The second kappa shape index (κ2) is 6.38. The molecular formula is C13H26N4O. The van der Waals surface area contributed by atoms with Gasteiger partial charge in [0.25, 0.3) is 0 Å². The molecule has 0 radical (unpaired) electrons. The number of carbonyl (C=O) groups is 1. The number of nitrogens with zero attached hydrogens (tertiary/aromatic N) is 2. The third kappa shape index (κ3) is 3.14. The van der Waals surface area contributed by atoms with E-state index < -0.39 is 0 Å². The van der Waals surface area contributed by atoms with Crippen LogP contribution in [0.15, 0.2) is 0 Å². The topological polar surface area (TPSA) is 61.6 Å². The lowest BCUT2D eigenvalue weighted by molar-refractivity contribution is 0.124. The molecule has 0 spiro atoms. The van der Waals surface area contributed by atoms with Crippen molar-refractivity contribution >= 4 is 6.03 Å². The van der Waals surface area contributed by atoms with Gasteiger partial charge in [0.15, 0.2) is 0 Å². The first kappa shape index (κ1) is 13.6. The van der Waals surface area contributed by atoms with Gasteiger partial charge in [0, 0.05) is 32.2 Å². The van der Waals surface area contributed by atoms with E-state index in [0.29, 0.717) is 12.0 Å². The largest absolute Gasteiger partial charge is 0.336 e. The molecule has 0 bridgehead atoms. The third-order valence-electron chi connectivity index (χ3n) is 4.41. The van der Waals surface area contributed by atoms with Crippen molar-refractivity contribution in [3.63, 3.8) is 0 Å². The second-order valence-corrected chi connectivity index (χ2v) is 5.55. The Morgan fingerprint density at radius 3 is 2.89 bits per heavy atom. The van der Waals surface area contributed by atoms with Crippen molar-refractivity contribution in [2.45, 2.75) is 31.7 Å². The Kier molecular flexibility index (Phi) is 4.83. The molecular weight excluding hydrogens is 228 g/mol. The Balaban J connectivity index is 1.79. The minimum absolute atomic E-state index is 0.0856. The Morgan fingerprint density at radius 2 is 2.22 bits per heavy atom. The average molecular weight is 254 g/mol. The maximum atomic E-state index is 11.5. The van der Waals surface area contributed by atoms with Crippen molar-refractivity contribution in [2.24, 2.45) is 11.7 Å². The van der Waals surface area contributed by atoms with E-state index in [1.807, 2.05) is 4.90 Å². The molecule has 2 rings (SSSR count). The highest BCUT2D eigenvalue weighted by Crippen LogP contribution is 2.26. The van der Waals surface area contributed by atoms with Crippen LogP contribution in [-0.2, 0) is 0 Å². The highest BCUT2D eigenvalue weighted by molar-refractivity contribution is 5.76. The van der Waals surface area contributed by atoms with Gasteiger partial charge in [-0.1, -0.05) is 12.8 Å². The average Bonchev–Trinajstić information content (AvgIpc) is 2.81. The van der Waals surface area contributed by atoms with E-state index in [-0.39, 0.29) is 6.03 Å². The maximum Gasteiger partial charge on any atom is 0.317 e. The van der Waals surface area contributed by atoms with Gasteiger partial charge < -0.3 is 20.9 Å². The first-order valence-electron chi connectivity index (χ1n) is 7.15. The van der Waals surface area contributed by atoms with E-state index >= 15 is 0 Å². The SMILES string of the molecule is CN(CCN1CCNC1=O)C1CCCCC1CN. The summed E-state index contributed by atoms with van der Waals surface area (Å²) in [6.07, 6.45) is 5.15. The third-order valence-corrected chi connectivity index (χ3v) is 4.41. The molecule has 2 fully saturated rings. The Labute approximate surface area is 110 Å². The van der Waals surface area contributed by atoms with Crippen LogP contribution in [0.1, 0.15) is 25.7 Å². The number of nitrogens with two attached hydrogens (primary N) is 1. The van der Waals surface area contributed by atoms with Crippen LogP contribution in [0.2, 0.25) is 0 Å². The normalized spacial score (nSPS) is 28.8. The monoisotopic (exact) mass is 254 g/mol. The number of rotatable bonds is 5. The summed E-state index contributed by atoms with van der Waals surface area (Å²) in [5, 5.41) is 2.84. The predicted octanol–water partition coefficient (Wildman–Crippen LogP) is 0.461. The Hall–Kier alpha value is -0.810. The summed E-state index contributed by atoms with van der Waals surface area (Å²) in [6, 6.07) is 0.692. The molecule has 1 heterocycles. The quantitative estimate of drug-likeness (QED) is 0.749. The molecule has 2 aliphatic rings. The van der Waals surface area contributed by atoms with Crippen LogP contribution >= 0.6 is 0 Å². The van der Waals surface area contributed by atoms with Crippen LogP contribution in [0.5, 0.6) is 0 Å². The van der Waals surface area contributed by atoms with Gasteiger partial charge in [-0.3, -0.25) is 0 Å². The fourth-order valence-corrected chi connectivity index (χ4v) is 3.21. The lowest BCUT2D eigenvalue weighted by atomic mass is 9.84. The highest BCUT2D eigenvalue weighted by Gasteiger charge is 2.28. The van der Waals surface area contributed by atoms with Crippen molar-refractivity contribution in [3.05, 3.63) is 0 Å². The zero-order valence-corrected chi connectivity index (χ0v) is 11.4. The van der Waals surface area contributed by atoms with Gasteiger partial charge in [-0.15, -0.1) is 0 Å². The fraction of sp³-hybridized carbons (Fsp3) is 0.923. The summed E-state index contributed by atoms with van der Waals surface area (Å²) in [6.45, 7) is 4.21. The van der Waals surface area contributed by atoms with Gasteiger partial charge in [0.2, 0.25) is 0 Å². The van der Waals surface area contributed by atoms with Crippen LogP contribution in [0.25, 0.3) is 0 Å². The van der Waals surface area contributed by atoms with E-state index in [4.69, 9.17) is 5.73 Å². The fourth-order valence-electron chi connectivity index (χ4n) is 3.21. The van der Waals surface area contributed by atoms with Crippen LogP contribution in [0, 0.1) is 5.92 Å². The lowest BCUT2D eigenvalue weighted by Crippen LogP contribution is -2.46. The summed E-state index contributed by atoms with van der Waals surface area (Å²) < 4.78 is 0. The molecule has 2 amide bonds. The molecule has 0 aromatic heterocycles. The standard InChI is InChI=1S/C13H26N4O/c1-16(8-9-17-7-6-15-13(17)18)12-5-3-2-4-11(12)10-14/h11-12H,2-10,14H2,1H3,(H,15,18). The summed E-state index contributed by atoms with van der Waals surface area (Å²) in [5.41, 5.74) is 5.87. The molecule has 18 heavy (non-hydrogen) atoms. The molecule has 1 aliphatic heterocycles. The lowest BCUT2D eigenvalue weighted by Gasteiger charge is -2.38. The minimum Gasteiger partial charge on any atom is -0.336 e. The van der Waals surface area contributed by atoms with E-state index in [1.165, 1.54) is 25.7 Å². The van der Waals surface area contributed by atoms with E-state index in [9.17, 15) is 4.79 Å². The van der Waals surface area contributed by atoms with Crippen molar-refractivity contribution in [1.29, 1.82) is 0 Å². The summed E-state index contributed by atoms with van der Waals surface area (Å²) in [7, 11) is 2.17. The smallest absolute Gasteiger partial charge is 0.317 e.